The van der Waals surface area contributed by atoms with Crippen LogP contribution in [0.25, 0.3) is 0 Å². The molecule has 3 N–H and O–H groups in total. The maximum atomic E-state index is 12.4. The Kier molecular flexibility index (Phi) is 3.59. The van der Waals surface area contributed by atoms with Gasteiger partial charge in [0.15, 0.2) is 0 Å². The molecule has 0 aromatic heterocycles. The fourth-order valence-corrected chi connectivity index (χ4v) is 1.38. The molecule has 1 unspecified atom stereocenters. The van der Waals surface area contributed by atoms with Gasteiger partial charge in [0.1, 0.15) is 6.23 Å². The van der Waals surface area contributed by atoms with Gasteiger partial charge in [-0.25, -0.2) is 0 Å². The van der Waals surface area contributed by atoms with E-state index in [1.165, 1.54) is 6.07 Å². The normalized spacial score (nSPS) is 14.0. The summed E-state index contributed by atoms with van der Waals surface area (Å²) in [5.74, 6) is 0. The molecule has 0 aliphatic heterocycles. The summed E-state index contributed by atoms with van der Waals surface area (Å²) in [5.41, 5.74) is 4.44. The molecule has 1 aromatic rings. The molecule has 2 nitrogen and oxygen atoms in total. The van der Waals surface area contributed by atoms with E-state index in [4.69, 9.17) is 22.4 Å². The third kappa shape index (κ3) is 3.37. The molecule has 0 spiro atoms. The highest BCUT2D eigenvalue weighted by atomic mass is 35.5. The van der Waals surface area contributed by atoms with Gasteiger partial charge in [-0.3, -0.25) is 0 Å². The van der Waals surface area contributed by atoms with Gasteiger partial charge in [0.2, 0.25) is 0 Å². The van der Waals surface area contributed by atoms with Crippen LogP contribution >= 0.6 is 11.6 Å². The predicted octanol–water partition coefficient (Wildman–Crippen LogP) is 2.18. The molecule has 0 bridgehead atoms. The number of hydrogen-bond acceptors (Lipinski definition) is 2. The zero-order valence-electron chi connectivity index (χ0n) is 7.55. The van der Waals surface area contributed by atoms with E-state index >= 15 is 0 Å². The van der Waals surface area contributed by atoms with Crippen LogP contribution in [0, 0.1) is 0 Å². The summed E-state index contributed by atoms with van der Waals surface area (Å²) in [7, 11) is 0. The fraction of sp³-hybridized carbons (Fsp3) is 0.333. The Labute approximate surface area is 89.5 Å². The third-order valence-electron chi connectivity index (χ3n) is 1.78. The largest absolute Gasteiger partial charge is 0.417 e. The van der Waals surface area contributed by atoms with Crippen molar-refractivity contribution in [2.24, 2.45) is 5.73 Å². The number of nitrogens with two attached hydrogens (primary N) is 1. The van der Waals surface area contributed by atoms with Crippen LogP contribution in [-0.4, -0.2) is 11.3 Å². The molecule has 0 saturated heterocycles. The Balaban J connectivity index is 3.06. The van der Waals surface area contributed by atoms with E-state index in [0.29, 0.717) is 5.56 Å². The first kappa shape index (κ1) is 12.3. The van der Waals surface area contributed by atoms with Crippen molar-refractivity contribution in [2.75, 3.05) is 0 Å². The van der Waals surface area contributed by atoms with E-state index < -0.39 is 18.0 Å². The average molecular weight is 240 g/mol. The van der Waals surface area contributed by atoms with E-state index in [0.717, 1.165) is 12.1 Å². The van der Waals surface area contributed by atoms with E-state index in [-0.39, 0.29) is 11.4 Å². The van der Waals surface area contributed by atoms with Crippen molar-refractivity contribution in [3.8, 4) is 0 Å². The van der Waals surface area contributed by atoms with Crippen molar-refractivity contribution in [2.45, 2.75) is 18.8 Å². The molecule has 0 saturated carbocycles. The maximum Gasteiger partial charge on any atom is 0.417 e. The van der Waals surface area contributed by atoms with Crippen LogP contribution in [0.3, 0.4) is 0 Å². The first-order chi connectivity index (χ1) is 6.80. The van der Waals surface area contributed by atoms with Crippen LogP contribution < -0.4 is 5.73 Å². The maximum absolute atomic E-state index is 12.4. The summed E-state index contributed by atoms with van der Waals surface area (Å²) < 4.78 is 37.2. The highest BCUT2D eigenvalue weighted by Crippen LogP contribution is 2.35. The van der Waals surface area contributed by atoms with Crippen molar-refractivity contribution in [3.05, 3.63) is 34.3 Å². The minimum absolute atomic E-state index is 0.0414. The molecular formula is C9H9ClF3NO. The van der Waals surface area contributed by atoms with Crippen LogP contribution in [-0.2, 0) is 12.6 Å². The number of aliphatic hydroxyl groups is 1. The van der Waals surface area contributed by atoms with Crippen molar-refractivity contribution in [1.82, 2.24) is 0 Å². The molecule has 0 heterocycles. The molecule has 6 heteroatoms. The van der Waals surface area contributed by atoms with Crippen LogP contribution in [0.2, 0.25) is 5.02 Å². The van der Waals surface area contributed by atoms with E-state index in [9.17, 15) is 13.2 Å². The summed E-state index contributed by atoms with van der Waals surface area (Å²) in [6.07, 6.45) is -5.71. The minimum Gasteiger partial charge on any atom is -0.378 e. The van der Waals surface area contributed by atoms with Gasteiger partial charge >= 0.3 is 6.18 Å². The molecule has 0 aliphatic carbocycles. The van der Waals surface area contributed by atoms with Gasteiger partial charge in [0, 0.05) is 6.42 Å². The lowest BCUT2D eigenvalue weighted by Gasteiger charge is -2.11. The zero-order valence-corrected chi connectivity index (χ0v) is 8.31. The summed E-state index contributed by atoms with van der Waals surface area (Å²) in [4.78, 5) is 0. The topological polar surface area (TPSA) is 46.2 Å². The molecule has 15 heavy (non-hydrogen) atoms. The van der Waals surface area contributed by atoms with Crippen molar-refractivity contribution in [3.63, 3.8) is 0 Å². The number of benzene rings is 1. The molecule has 1 rings (SSSR count). The summed E-state index contributed by atoms with van der Waals surface area (Å²) in [6.45, 7) is 0. The molecular weight excluding hydrogens is 231 g/mol. The first-order valence-electron chi connectivity index (χ1n) is 4.10. The number of aliphatic hydroxyl groups excluding tert-OH is 1. The lowest BCUT2D eigenvalue weighted by molar-refractivity contribution is -0.137. The Hall–Kier alpha value is -0.780. The second-order valence-electron chi connectivity index (χ2n) is 3.08. The standard InChI is InChI=1S/C9H9ClF3NO/c10-7-2-1-5(4-8(14)15)3-6(7)9(11,12)13/h1-3,8,15H,4,14H2. The second-order valence-corrected chi connectivity index (χ2v) is 3.49. The first-order valence-corrected chi connectivity index (χ1v) is 4.48. The van der Waals surface area contributed by atoms with E-state index in [1.54, 1.807) is 0 Å². The summed E-state index contributed by atoms with van der Waals surface area (Å²) in [6, 6.07) is 3.42. The van der Waals surface area contributed by atoms with Gasteiger partial charge in [0.25, 0.3) is 0 Å². The predicted molar refractivity (Wildman–Crippen MR) is 50.4 cm³/mol. The number of halogens is 4. The van der Waals surface area contributed by atoms with E-state index in [1.807, 2.05) is 0 Å². The van der Waals surface area contributed by atoms with Crippen LogP contribution in [0.15, 0.2) is 18.2 Å². The number of hydrogen-bond donors (Lipinski definition) is 2. The number of alkyl halides is 3. The molecule has 0 amide bonds. The molecule has 1 aromatic carbocycles. The van der Waals surface area contributed by atoms with Crippen molar-refractivity contribution >= 4 is 11.6 Å². The van der Waals surface area contributed by atoms with Crippen LogP contribution in [0.1, 0.15) is 11.1 Å². The van der Waals surface area contributed by atoms with Gasteiger partial charge in [0.05, 0.1) is 10.6 Å². The SMILES string of the molecule is NC(O)Cc1ccc(Cl)c(C(F)(F)F)c1. The van der Waals surface area contributed by atoms with Gasteiger partial charge < -0.3 is 10.8 Å². The highest BCUT2D eigenvalue weighted by Gasteiger charge is 2.33. The Morgan fingerprint density at radius 1 is 1.40 bits per heavy atom. The molecule has 1 atom stereocenters. The Morgan fingerprint density at radius 2 is 2.00 bits per heavy atom. The summed E-state index contributed by atoms with van der Waals surface area (Å²) in [5, 5.41) is 8.47. The monoisotopic (exact) mass is 239 g/mol. The Morgan fingerprint density at radius 3 is 2.47 bits per heavy atom. The Bertz CT molecular complexity index is 352. The summed E-state index contributed by atoms with van der Waals surface area (Å²) >= 11 is 5.40. The zero-order chi connectivity index (χ0) is 11.6. The third-order valence-corrected chi connectivity index (χ3v) is 2.11. The average Bonchev–Trinajstić information content (AvgIpc) is 2.05. The highest BCUT2D eigenvalue weighted by molar-refractivity contribution is 6.31. The van der Waals surface area contributed by atoms with Crippen molar-refractivity contribution in [1.29, 1.82) is 0 Å². The second kappa shape index (κ2) is 4.38. The lowest BCUT2D eigenvalue weighted by Crippen LogP contribution is -2.21. The molecule has 84 valence electrons. The smallest absolute Gasteiger partial charge is 0.378 e. The quantitative estimate of drug-likeness (QED) is 0.777. The van der Waals surface area contributed by atoms with Gasteiger partial charge in [-0.05, 0) is 17.7 Å². The lowest BCUT2D eigenvalue weighted by atomic mass is 10.1. The molecule has 0 radical (unpaired) electrons. The fourth-order valence-electron chi connectivity index (χ4n) is 1.16. The van der Waals surface area contributed by atoms with Crippen LogP contribution in [0.5, 0.6) is 0 Å². The van der Waals surface area contributed by atoms with Crippen LogP contribution in [0.4, 0.5) is 13.2 Å². The molecule has 0 aliphatic rings. The van der Waals surface area contributed by atoms with Crippen molar-refractivity contribution < 1.29 is 18.3 Å². The minimum atomic E-state index is -4.49. The van der Waals surface area contributed by atoms with Gasteiger partial charge in [-0.1, -0.05) is 17.7 Å². The van der Waals surface area contributed by atoms with E-state index in [2.05, 4.69) is 0 Å². The number of rotatable bonds is 2. The van der Waals surface area contributed by atoms with Gasteiger partial charge in [-0.2, -0.15) is 13.2 Å². The van der Waals surface area contributed by atoms with Gasteiger partial charge in [-0.15, -0.1) is 0 Å². The molecule has 0 fully saturated rings.